The third kappa shape index (κ3) is 7.44. The van der Waals surface area contributed by atoms with Gasteiger partial charge in [-0.15, -0.1) is 0 Å². The molecule has 1 aliphatic carbocycles. The van der Waals surface area contributed by atoms with Crippen molar-refractivity contribution in [2.75, 3.05) is 12.3 Å². The number of aromatic nitrogens is 3. The number of fused-ring (bicyclic) bond motifs is 1. The number of benzene rings is 1. The average Bonchev–Trinajstić information content (AvgIpc) is 3.62. The summed E-state index contributed by atoms with van der Waals surface area (Å²) in [7, 11) is -4.50. The molecule has 2 fully saturated rings. The summed E-state index contributed by atoms with van der Waals surface area (Å²) >= 11 is 0. The number of carbonyl (C=O) groups excluding carboxylic acids is 3. The monoisotopic (exact) mass is 684 g/mol. The number of ether oxygens (including phenoxy) is 4. The Kier molecular flexibility index (Phi) is 10.6. The topological polar surface area (TPSA) is 196 Å². The van der Waals surface area contributed by atoms with Crippen molar-refractivity contribution in [3.05, 3.63) is 65.9 Å². The Morgan fingerprint density at radius 3 is 2.48 bits per heavy atom. The van der Waals surface area contributed by atoms with Crippen LogP contribution >= 0.6 is 7.75 Å². The number of nitrogen functional groups attached to an aromatic ring is 1. The van der Waals surface area contributed by atoms with Crippen molar-refractivity contribution in [3.63, 3.8) is 0 Å². The van der Waals surface area contributed by atoms with E-state index in [2.05, 4.69) is 20.0 Å². The lowest BCUT2D eigenvalue weighted by atomic mass is 9.96. The SMILES string of the molecule is [C-]#[N+][C@]1(CO[P@](=O)(NC(C)C(=O)OC2CCC2)Oc2ccccc2)O[C@@H](c2ccc3c(N)ncnn23)[C@H](OC(=O)CC)[C@@H]1OC(=O)CC. The molecule has 2 aromatic heterocycles. The summed E-state index contributed by atoms with van der Waals surface area (Å²) in [5, 5.41) is 6.84. The van der Waals surface area contributed by atoms with E-state index in [1.54, 1.807) is 44.2 Å². The fraction of sp³-hybridized carbons (Fsp3) is 0.484. The van der Waals surface area contributed by atoms with Crippen molar-refractivity contribution in [1.82, 2.24) is 19.7 Å². The van der Waals surface area contributed by atoms with Crippen LogP contribution in [0.15, 0.2) is 48.8 Å². The van der Waals surface area contributed by atoms with Crippen molar-refractivity contribution in [3.8, 4) is 5.75 Å². The summed E-state index contributed by atoms with van der Waals surface area (Å²) in [6.45, 7) is 12.0. The number of esters is 3. The molecule has 256 valence electrons. The van der Waals surface area contributed by atoms with Crippen molar-refractivity contribution >= 4 is 37.0 Å². The van der Waals surface area contributed by atoms with Crippen molar-refractivity contribution < 1.29 is 46.9 Å². The van der Waals surface area contributed by atoms with Crippen LogP contribution < -0.4 is 15.3 Å². The number of anilines is 1. The highest BCUT2D eigenvalue weighted by molar-refractivity contribution is 7.52. The van der Waals surface area contributed by atoms with Gasteiger partial charge in [-0.1, -0.05) is 32.0 Å². The molecule has 3 aromatic rings. The molecule has 1 aliphatic heterocycles. The fourth-order valence-corrected chi connectivity index (χ4v) is 6.61. The Morgan fingerprint density at radius 2 is 1.83 bits per heavy atom. The van der Waals surface area contributed by atoms with E-state index in [1.807, 2.05) is 0 Å². The molecule has 16 nitrogen and oxygen atoms in total. The summed E-state index contributed by atoms with van der Waals surface area (Å²) in [5.74, 6) is -1.77. The molecule has 1 unspecified atom stereocenters. The summed E-state index contributed by atoms with van der Waals surface area (Å²) in [6.07, 6.45) is -0.923. The first kappa shape index (κ1) is 34.8. The predicted molar refractivity (Wildman–Crippen MR) is 168 cm³/mol. The minimum atomic E-state index is -4.50. The van der Waals surface area contributed by atoms with E-state index in [1.165, 1.54) is 29.9 Å². The number of carbonyl (C=O) groups is 3. The van der Waals surface area contributed by atoms with Crippen LogP contribution in [0.4, 0.5) is 5.82 Å². The molecule has 1 saturated heterocycles. The lowest BCUT2D eigenvalue weighted by Gasteiger charge is -2.29. The molecule has 0 spiro atoms. The van der Waals surface area contributed by atoms with Crippen LogP contribution in [0.5, 0.6) is 5.75 Å². The van der Waals surface area contributed by atoms with Gasteiger partial charge in [0.2, 0.25) is 6.10 Å². The zero-order valence-electron chi connectivity index (χ0n) is 26.6. The molecule has 0 amide bonds. The molecular weight excluding hydrogens is 647 g/mol. The molecular formula is C31H37N6O10P. The Hall–Kier alpha value is -4.55. The number of nitrogens with zero attached hydrogens (tertiary/aromatic N) is 4. The van der Waals surface area contributed by atoms with Gasteiger partial charge in [-0.05, 0) is 50.5 Å². The van der Waals surface area contributed by atoms with E-state index in [-0.39, 0.29) is 30.5 Å². The molecule has 48 heavy (non-hydrogen) atoms. The van der Waals surface area contributed by atoms with Crippen molar-refractivity contribution in [1.29, 1.82) is 0 Å². The highest BCUT2D eigenvalue weighted by Gasteiger charge is 2.67. The second-order valence-electron chi connectivity index (χ2n) is 11.3. The number of hydrogen-bond acceptors (Lipinski definition) is 13. The normalized spacial score (nSPS) is 24.1. The molecule has 1 aromatic carbocycles. The highest BCUT2D eigenvalue weighted by Crippen LogP contribution is 2.50. The van der Waals surface area contributed by atoms with Gasteiger partial charge in [-0.2, -0.15) is 10.2 Å². The van der Waals surface area contributed by atoms with E-state index < -0.39 is 62.3 Å². The smallest absolute Gasteiger partial charge is 0.459 e. The summed E-state index contributed by atoms with van der Waals surface area (Å²) in [4.78, 5) is 46.0. The van der Waals surface area contributed by atoms with Crippen LogP contribution in [0.2, 0.25) is 0 Å². The second-order valence-corrected chi connectivity index (χ2v) is 13.0. The summed E-state index contributed by atoms with van der Waals surface area (Å²) < 4.78 is 50.7. The van der Waals surface area contributed by atoms with Gasteiger partial charge in [0.05, 0.1) is 5.69 Å². The van der Waals surface area contributed by atoms with Crippen molar-refractivity contribution in [2.45, 2.75) is 89.1 Å². The van der Waals surface area contributed by atoms with Gasteiger partial charge in [-0.25, -0.2) is 20.6 Å². The molecule has 6 atom stereocenters. The predicted octanol–water partition coefficient (Wildman–Crippen LogP) is 3.92. The summed E-state index contributed by atoms with van der Waals surface area (Å²) in [5.41, 5.74) is 4.50. The molecule has 5 rings (SSSR count). The van der Waals surface area contributed by atoms with Crippen LogP contribution in [0, 0.1) is 6.57 Å². The average molecular weight is 685 g/mol. The first-order valence-electron chi connectivity index (χ1n) is 15.5. The number of para-hydroxylation sites is 1. The maximum atomic E-state index is 14.3. The van der Waals surface area contributed by atoms with Crippen LogP contribution in [-0.4, -0.2) is 69.2 Å². The molecule has 17 heteroatoms. The van der Waals surface area contributed by atoms with Crippen LogP contribution in [0.25, 0.3) is 10.4 Å². The molecule has 0 radical (unpaired) electrons. The molecule has 3 N–H and O–H groups in total. The number of nitrogens with one attached hydrogen (secondary N) is 1. The van der Waals surface area contributed by atoms with Gasteiger partial charge in [0.25, 0.3) is 0 Å². The quantitative estimate of drug-likeness (QED) is 0.107. The third-order valence-corrected chi connectivity index (χ3v) is 9.54. The zero-order valence-corrected chi connectivity index (χ0v) is 27.5. The Bertz CT molecular complexity index is 1730. The Labute approximate surface area is 276 Å². The molecule has 2 aliphatic rings. The van der Waals surface area contributed by atoms with E-state index in [9.17, 15) is 18.9 Å². The maximum absolute atomic E-state index is 14.3. The van der Waals surface area contributed by atoms with Crippen LogP contribution in [0.1, 0.15) is 64.7 Å². The van der Waals surface area contributed by atoms with Gasteiger partial charge in [0.1, 0.15) is 35.8 Å². The van der Waals surface area contributed by atoms with Crippen LogP contribution in [-0.2, 0) is 42.4 Å². The van der Waals surface area contributed by atoms with Gasteiger partial charge in [0, 0.05) is 12.8 Å². The Morgan fingerprint density at radius 1 is 1.12 bits per heavy atom. The van der Waals surface area contributed by atoms with Crippen molar-refractivity contribution in [2.24, 2.45) is 0 Å². The van der Waals surface area contributed by atoms with E-state index in [4.69, 9.17) is 40.3 Å². The molecule has 3 heterocycles. The van der Waals surface area contributed by atoms with E-state index >= 15 is 0 Å². The third-order valence-electron chi connectivity index (χ3n) is 7.92. The Balaban J connectivity index is 1.51. The second kappa shape index (κ2) is 14.7. The largest absolute Gasteiger partial charge is 0.461 e. The van der Waals surface area contributed by atoms with E-state index in [0.717, 1.165) is 19.3 Å². The fourth-order valence-electron chi connectivity index (χ4n) is 5.10. The van der Waals surface area contributed by atoms with Gasteiger partial charge in [-0.3, -0.25) is 28.5 Å². The van der Waals surface area contributed by atoms with Gasteiger partial charge < -0.3 is 24.5 Å². The van der Waals surface area contributed by atoms with Gasteiger partial charge >= 0.3 is 31.4 Å². The number of hydrogen-bond donors (Lipinski definition) is 2. The first-order valence-corrected chi connectivity index (χ1v) is 17.1. The summed E-state index contributed by atoms with van der Waals surface area (Å²) in [6, 6.07) is 10.1. The lowest BCUT2D eigenvalue weighted by Crippen LogP contribution is -2.48. The number of rotatable bonds is 14. The maximum Gasteiger partial charge on any atom is 0.459 e. The zero-order chi connectivity index (χ0) is 34.5. The van der Waals surface area contributed by atoms with E-state index in [0.29, 0.717) is 11.2 Å². The van der Waals surface area contributed by atoms with Gasteiger partial charge in [0.15, 0.2) is 18.5 Å². The minimum absolute atomic E-state index is 0.0396. The highest BCUT2D eigenvalue weighted by atomic mass is 31.2. The molecule has 1 saturated carbocycles. The van der Waals surface area contributed by atoms with Crippen LogP contribution in [0.3, 0.4) is 0 Å². The number of nitrogens with two attached hydrogens (primary N) is 1. The minimum Gasteiger partial charge on any atom is -0.461 e. The first-order chi connectivity index (χ1) is 23.0. The lowest BCUT2D eigenvalue weighted by molar-refractivity contribution is -0.169. The molecule has 0 bridgehead atoms. The standard InChI is InChI=1S/C31H37N6O10P/c1-5-24(38)44-27-26(22-15-16-23-29(32)34-18-35-37(22)23)46-31(33-4,28(27)45-25(39)6-2)17-42-48(41,47-21-11-8-7-9-12-21)36-19(3)30(40)43-20-13-10-14-20/h7-9,11-12,15-16,18-20,26-28H,5-6,10,13-14,17H2,1-3H3,(H,36,41)(H2,32,34,35)/t19?,26-,27-,28-,31+,48+/m0/s1.